The molecular weight excluding hydrogens is 613 g/mol. The summed E-state index contributed by atoms with van der Waals surface area (Å²) in [5.74, 6) is 0.968. The fourth-order valence-corrected chi connectivity index (χ4v) is 8.74. The third-order valence-electron chi connectivity index (χ3n) is 8.97. The Kier molecular flexibility index (Phi) is 7.24. The van der Waals surface area contributed by atoms with Crippen molar-refractivity contribution in [2.24, 2.45) is 0 Å². The molecular formula is C30H31F3N6O3S2. The van der Waals surface area contributed by atoms with Gasteiger partial charge < -0.3 is 29.9 Å². The van der Waals surface area contributed by atoms with Crippen molar-refractivity contribution < 1.29 is 27.4 Å². The molecule has 6 heterocycles. The Morgan fingerprint density at radius 2 is 1.89 bits per heavy atom. The van der Waals surface area contributed by atoms with Crippen molar-refractivity contribution in [2.45, 2.75) is 48.0 Å². The molecule has 0 radical (unpaired) electrons. The summed E-state index contributed by atoms with van der Waals surface area (Å²) in [7, 11) is 0. The molecule has 1 amide bonds. The van der Waals surface area contributed by atoms with Crippen molar-refractivity contribution in [3.63, 3.8) is 0 Å². The van der Waals surface area contributed by atoms with Crippen molar-refractivity contribution in [1.29, 1.82) is 0 Å². The molecule has 44 heavy (non-hydrogen) atoms. The number of nitrogens with zero attached hydrogens (tertiary/aromatic N) is 4. The van der Waals surface area contributed by atoms with Crippen LogP contribution in [0, 0.1) is 0 Å². The fourth-order valence-electron chi connectivity index (χ4n) is 6.42. The van der Waals surface area contributed by atoms with Crippen molar-refractivity contribution in [3.05, 3.63) is 46.5 Å². The van der Waals surface area contributed by atoms with Gasteiger partial charge in [-0.05, 0) is 48.6 Å². The Morgan fingerprint density at radius 3 is 2.66 bits per heavy atom. The molecule has 3 aromatic rings. The van der Waals surface area contributed by atoms with Crippen LogP contribution in [0.2, 0.25) is 0 Å². The van der Waals surface area contributed by atoms with Crippen LogP contribution in [-0.2, 0) is 15.7 Å². The predicted octanol–water partition coefficient (Wildman–Crippen LogP) is 4.97. The van der Waals surface area contributed by atoms with Crippen LogP contribution in [0.15, 0.2) is 35.4 Å². The number of thiophene rings is 1. The molecule has 3 saturated heterocycles. The number of carbonyl (C=O) groups is 1. The van der Waals surface area contributed by atoms with Crippen LogP contribution in [0.1, 0.15) is 39.6 Å². The maximum atomic E-state index is 14.2. The first kappa shape index (κ1) is 28.6. The lowest BCUT2D eigenvalue weighted by Crippen LogP contribution is -2.57. The van der Waals surface area contributed by atoms with E-state index >= 15 is 0 Å². The SMILES string of the molecule is O=C1c2sc(-c3nc(Nc4ccc(N5CCNC6COCC65)cc4C4CC4)ncc3C(F)(F)F)cc2SCCN1C1COC1. The largest absolute Gasteiger partial charge is 0.420 e. The molecule has 5 aliphatic rings. The first-order valence-corrected chi connectivity index (χ1v) is 16.7. The number of thioether (sulfide) groups is 1. The van der Waals surface area contributed by atoms with Crippen LogP contribution in [-0.4, -0.2) is 90.7 Å². The van der Waals surface area contributed by atoms with Gasteiger partial charge >= 0.3 is 6.18 Å². The minimum absolute atomic E-state index is 0.00625. The Morgan fingerprint density at radius 1 is 1.05 bits per heavy atom. The van der Waals surface area contributed by atoms with Crippen LogP contribution in [0.25, 0.3) is 10.6 Å². The minimum atomic E-state index is -4.66. The molecule has 4 fully saturated rings. The van der Waals surface area contributed by atoms with E-state index < -0.39 is 11.7 Å². The molecule has 2 atom stereocenters. The lowest BCUT2D eigenvalue weighted by molar-refractivity contribution is -0.137. The van der Waals surface area contributed by atoms with Crippen molar-refractivity contribution in [2.75, 3.05) is 62.0 Å². The summed E-state index contributed by atoms with van der Waals surface area (Å²) in [6.45, 7) is 4.70. The van der Waals surface area contributed by atoms with E-state index in [-0.39, 0.29) is 29.6 Å². The zero-order valence-corrected chi connectivity index (χ0v) is 25.4. The highest BCUT2D eigenvalue weighted by molar-refractivity contribution is 7.99. The van der Waals surface area contributed by atoms with Gasteiger partial charge in [0.25, 0.3) is 5.91 Å². The number of fused-ring (bicyclic) bond motifs is 2. The molecule has 9 nitrogen and oxygen atoms in total. The second-order valence-electron chi connectivity index (χ2n) is 11.8. The summed E-state index contributed by atoms with van der Waals surface area (Å²) in [6.07, 6.45) is -1.70. The van der Waals surface area contributed by atoms with Gasteiger partial charge in [-0.2, -0.15) is 13.2 Å². The Balaban J connectivity index is 1.12. The molecule has 8 rings (SSSR count). The van der Waals surface area contributed by atoms with Crippen LogP contribution in [0.4, 0.5) is 30.5 Å². The predicted molar refractivity (Wildman–Crippen MR) is 162 cm³/mol. The minimum Gasteiger partial charge on any atom is -0.378 e. The van der Waals surface area contributed by atoms with Crippen LogP contribution < -0.4 is 15.5 Å². The van der Waals surface area contributed by atoms with Gasteiger partial charge in [-0.3, -0.25) is 4.79 Å². The number of hydrogen-bond acceptors (Lipinski definition) is 10. The van der Waals surface area contributed by atoms with Crippen molar-refractivity contribution in [1.82, 2.24) is 20.2 Å². The van der Waals surface area contributed by atoms with E-state index in [0.29, 0.717) is 65.3 Å². The van der Waals surface area contributed by atoms with Gasteiger partial charge in [0.1, 0.15) is 10.4 Å². The normalized spacial score (nSPS) is 24.1. The van der Waals surface area contributed by atoms with Gasteiger partial charge in [0.15, 0.2) is 0 Å². The Bertz CT molecular complexity index is 1590. The zero-order valence-electron chi connectivity index (χ0n) is 23.7. The van der Waals surface area contributed by atoms with E-state index in [9.17, 15) is 18.0 Å². The zero-order chi connectivity index (χ0) is 30.0. The molecule has 2 N–H and O–H groups in total. The number of benzene rings is 1. The summed E-state index contributed by atoms with van der Waals surface area (Å²) in [5.41, 5.74) is 1.88. The summed E-state index contributed by atoms with van der Waals surface area (Å²) in [5, 5.41) is 6.78. The second kappa shape index (κ2) is 11.2. The molecule has 232 valence electrons. The summed E-state index contributed by atoms with van der Waals surface area (Å²) >= 11 is 2.55. The highest BCUT2D eigenvalue weighted by Gasteiger charge is 2.39. The lowest BCUT2D eigenvalue weighted by atomic mass is 10.0. The first-order valence-electron chi connectivity index (χ1n) is 14.9. The smallest absolute Gasteiger partial charge is 0.378 e. The van der Waals surface area contributed by atoms with Gasteiger partial charge in [-0.25, -0.2) is 9.97 Å². The number of hydrogen-bond donors (Lipinski definition) is 2. The average molecular weight is 645 g/mol. The monoisotopic (exact) mass is 644 g/mol. The molecule has 0 spiro atoms. The molecule has 14 heteroatoms. The number of piperazine rings is 1. The Hall–Kier alpha value is -2.91. The molecule has 2 aromatic heterocycles. The summed E-state index contributed by atoms with van der Waals surface area (Å²) < 4.78 is 53.7. The van der Waals surface area contributed by atoms with E-state index in [0.717, 1.165) is 60.4 Å². The third-order valence-corrected chi connectivity index (χ3v) is 11.3. The highest BCUT2D eigenvalue weighted by Crippen LogP contribution is 2.47. The number of alkyl halides is 3. The summed E-state index contributed by atoms with van der Waals surface area (Å²) in [6, 6.07) is 8.49. The molecule has 1 aliphatic carbocycles. The number of nitrogens with one attached hydrogen (secondary N) is 2. The topological polar surface area (TPSA) is 91.9 Å². The summed E-state index contributed by atoms with van der Waals surface area (Å²) in [4.78, 5) is 27.6. The van der Waals surface area contributed by atoms with Crippen LogP contribution in [0.3, 0.4) is 0 Å². The van der Waals surface area contributed by atoms with E-state index in [2.05, 4.69) is 37.6 Å². The average Bonchev–Trinajstić information content (AvgIpc) is 3.59. The number of rotatable bonds is 6. The van der Waals surface area contributed by atoms with Crippen molar-refractivity contribution in [3.8, 4) is 10.6 Å². The van der Waals surface area contributed by atoms with Gasteiger partial charge in [0, 0.05) is 47.9 Å². The molecule has 1 aromatic carbocycles. The van der Waals surface area contributed by atoms with Gasteiger partial charge in [-0.15, -0.1) is 23.1 Å². The van der Waals surface area contributed by atoms with Crippen LogP contribution >= 0.6 is 23.1 Å². The number of carbonyl (C=O) groups excluding carboxylic acids is 1. The molecule has 4 aliphatic heterocycles. The van der Waals surface area contributed by atoms with Gasteiger partial charge in [0.05, 0.1) is 55.1 Å². The van der Waals surface area contributed by atoms with E-state index in [1.165, 1.54) is 11.8 Å². The third kappa shape index (κ3) is 5.23. The molecule has 1 saturated carbocycles. The quantitative estimate of drug-likeness (QED) is 0.386. The maximum absolute atomic E-state index is 14.2. The van der Waals surface area contributed by atoms with E-state index in [4.69, 9.17) is 9.47 Å². The number of ether oxygens (including phenoxy) is 2. The second-order valence-corrected chi connectivity index (χ2v) is 14.0. The molecule has 2 unspecified atom stereocenters. The number of halogens is 3. The number of aromatic nitrogens is 2. The lowest BCUT2D eigenvalue weighted by Gasteiger charge is -2.39. The van der Waals surface area contributed by atoms with Gasteiger partial charge in [-0.1, -0.05) is 0 Å². The van der Waals surface area contributed by atoms with Crippen molar-refractivity contribution >= 4 is 46.3 Å². The standard InChI is InChI=1S/C30H31F3N6O3S2/c31-30(32,33)20-11-35-29(37-26(20)24-10-25-27(44-24)28(40)39(7-8-43-25)18-12-41-13-18)36-21-4-3-17(9-19(21)16-1-2-16)38-6-5-34-22-14-42-15-23(22)38/h3-4,9-11,16,18,22-23,34H,1-2,5-8,12-15H2,(H,35,36,37). The van der Waals surface area contributed by atoms with E-state index in [1.807, 2.05) is 6.07 Å². The van der Waals surface area contributed by atoms with Gasteiger partial charge in [0.2, 0.25) is 5.95 Å². The number of amides is 1. The number of anilines is 3. The highest BCUT2D eigenvalue weighted by atomic mass is 32.2. The van der Waals surface area contributed by atoms with Crippen LogP contribution in [0.5, 0.6) is 0 Å². The first-order chi connectivity index (χ1) is 21.3. The maximum Gasteiger partial charge on any atom is 0.420 e. The Labute approximate surface area is 260 Å². The van der Waals surface area contributed by atoms with E-state index in [1.54, 1.807) is 11.0 Å². The fraction of sp³-hybridized carbons (Fsp3) is 0.500. The molecule has 0 bridgehead atoms.